The maximum Gasteiger partial charge on any atom is 0.186 e. The van der Waals surface area contributed by atoms with Gasteiger partial charge in [-0.3, -0.25) is 0 Å². The van der Waals surface area contributed by atoms with E-state index in [2.05, 4.69) is 0 Å². The summed E-state index contributed by atoms with van der Waals surface area (Å²) in [4.78, 5) is 0. The van der Waals surface area contributed by atoms with Gasteiger partial charge in [0.1, 0.15) is 6.61 Å². The van der Waals surface area contributed by atoms with Crippen molar-refractivity contribution in [3.63, 3.8) is 0 Å². The number of ether oxygens (including phenoxy) is 2. The minimum atomic E-state index is -1.17. The van der Waals surface area contributed by atoms with E-state index in [1.54, 1.807) is 6.92 Å². The molecule has 3 heteroatoms. The molecule has 1 atom stereocenters. The largest absolute Gasteiger partial charge is 0.373 e. The van der Waals surface area contributed by atoms with Crippen LogP contribution in [0.3, 0.4) is 0 Å². The highest BCUT2D eigenvalue weighted by molar-refractivity contribution is 4.60. The van der Waals surface area contributed by atoms with Gasteiger partial charge in [-0.15, -0.1) is 0 Å². The second-order valence-corrected chi connectivity index (χ2v) is 3.70. The lowest BCUT2D eigenvalue weighted by Crippen LogP contribution is -2.37. The van der Waals surface area contributed by atoms with E-state index in [1.807, 2.05) is 27.7 Å². The molecule has 0 aromatic heterocycles. The highest BCUT2D eigenvalue weighted by Gasteiger charge is 2.23. The molecule has 74 valence electrons. The third-order valence-electron chi connectivity index (χ3n) is 1.17. The Kier molecular flexibility index (Phi) is 4.75. The first-order chi connectivity index (χ1) is 5.33. The first kappa shape index (κ1) is 11.9. The average molecular weight is 176 g/mol. The Balaban J connectivity index is 3.71. The second-order valence-electron chi connectivity index (χ2n) is 3.70. The molecule has 0 fully saturated rings. The predicted octanol–water partition coefficient (Wildman–Crippen LogP) is 1.54. The SMILES string of the molecule is CC(C)OCC(C)(O)OC(C)C. The van der Waals surface area contributed by atoms with Gasteiger partial charge in [-0.25, -0.2) is 0 Å². The topological polar surface area (TPSA) is 38.7 Å². The van der Waals surface area contributed by atoms with Crippen LogP contribution in [0, 0.1) is 0 Å². The van der Waals surface area contributed by atoms with E-state index >= 15 is 0 Å². The third-order valence-corrected chi connectivity index (χ3v) is 1.17. The fraction of sp³-hybridized carbons (Fsp3) is 1.00. The molecule has 1 unspecified atom stereocenters. The summed E-state index contributed by atoms with van der Waals surface area (Å²) in [6.07, 6.45) is 0.128. The van der Waals surface area contributed by atoms with Crippen molar-refractivity contribution in [2.75, 3.05) is 6.61 Å². The fourth-order valence-corrected chi connectivity index (χ4v) is 0.863. The van der Waals surface area contributed by atoms with Crippen molar-refractivity contribution in [1.29, 1.82) is 0 Å². The zero-order valence-electron chi connectivity index (χ0n) is 8.63. The van der Waals surface area contributed by atoms with Crippen molar-refractivity contribution < 1.29 is 14.6 Å². The first-order valence-corrected chi connectivity index (χ1v) is 4.35. The second kappa shape index (κ2) is 4.80. The monoisotopic (exact) mass is 176 g/mol. The molecule has 0 aliphatic carbocycles. The Morgan fingerprint density at radius 1 is 1.17 bits per heavy atom. The molecule has 0 rings (SSSR count). The summed E-state index contributed by atoms with van der Waals surface area (Å²) in [5, 5.41) is 9.59. The van der Waals surface area contributed by atoms with E-state index in [0.717, 1.165) is 0 Å². The summed E-state index contributed by atoms with van der Waals surface area (Å²) in [7, 11) is 0. The molecule has 0 radical (unpaired) electrons. The Labute approximate surface area is 74.7 Å². The van der Waals surface area contributed by atoms with Crippen LogP contribution in [0.4, 0.5) is 0 Å². The number of hydrogen-bond donors (Lipinski definition) is 1. The average Bonchev–Trinajstić information content (AvgIpc) is 1.81. The Morgan fingerprint density at radius 3 is 2.00 bits per heavy atom. The molecule has 0 bridgehead atoms. The summed E-state index contributed by atoms with van der Waals surface area (Å²) >= 11 is 0. The fourth-order valence-electron chi connectivity index (χ4n) is 0.863. The van der Waals surface area contributed by atoms with Crippen molar-refractivity contribution >= 4 is 0 Å². The van der Waals surface area contributed by atoms with E-state index in [4.69, 9.17) is 9.47 Å². The maximum atomic E-state index is 9.59. The third kappa shape index (κ3) is 6.58. The molecule has 3 nitrogen and oxygen atoms in total. The number of hydrogen-bond acceptors (Lipinski definition) is 3. The normalized spacial score (nSPS) is 17.0. The van der Waals surface area contributed by atoms with Gasteiger partial charge in [0.15, 0.2) is 5.79 Å². The van der Waals surface area contributed by atoms with E-state index in [9.17, 15) is 5.11 Å². The highest BCUT2D eigenvalue weighted by Crippen LogP contribution is 2.10. The molecular formula is C9H20O3. The van der Waals surface area contributed by atoms with Crippen LogP contribution in [-0.4, -0.2) is 29.7 Å². The summed E-state index contributed by atoms with van der Waals surface area (Å²) in [6, 6.07) is 0. The predicted molar refractivity (Wildman–Crippen MR) is 47.9 cm³/mol. The van der Waals surface area contributed by atoms with Gasteiger partial charge in [-0.1, -0.05) is 0 Å². The molecule has 1 N–H and O–H groups in total. The molecule has 0 saturated heterocycles. The van der Waals surface area contributed by atoms with Gasteiger partial charge >= 0.3 is 0 Å². The molecule has 12 heavy (non-hydrogen) atoms. The van der Waals surface area contributed by atoms with Gasteiger partial charge in [-0.05, 0) is 34.6 Å². The molecule has 0 aliphatic heterocycles. The van der Waals surface area contributed by atoms with Crippen LogP contribution in [0.5, 0.6) is 0 Å². The van der Waals surface area contributed by atoms with E-state index in [1.165, 1.54) is 0 Å². The summed E-state index contributed by atoms with van der Waals surface area (Å²) in [6.45, 7) is 9.42. The standard InChI is InChI=1S/C9H20O3/c1-7(2)11-6-9(5,10)12-8(3)4/h7-8,10H,6H2,1-5H3. The van der Waals surface area contributed by atoms with Gasteiger partial charge in [-0.2, -0.15) is 0 Å². The molecule has 0 saturated carbocycles. The minimum absolute atomic E-state index is 0.00997. The Hall–Kier alpha value is -0.120. The van der Waals surface area contributed by atoms with E-state index in [0.29, 0.717) is 0 Å². The quantitative estimate of drug-likeness (QED) is 0.646. The molecule has 0 heterocycles. The lowest BCUT2D eigenvalue weighted by molar-refractivity contribution is -0.241. The van der Waals surface area contributed by atoms with Crippen LogP contribution in [0.25, 0.3) is 0 Å². The molecule has 0 aromatic rings. The molecule has 0 aliphatic rings. The Morgan fingerprint density at radius 2 is 1.67 bits per heavy atom. The van der Waals surface area contributed by atoms with E-state index in [-0.39, 0.29) is 18.8 Å². The van der Waals surface area contributed by atoms with Crippen LogP contribution in [0.1, 0.15) is 34.6 Å². The summed E-state index contributed by atoms with van der Waals surface area (Å²) in [5.74, 6) is -1.17. The first-order valence-electron chi connectivity index (χ1n) is 4.35. The lowest BCUT2D eigenvalue weighted by Gasteiger charge is -2.26. The van der Waals surface area contributed by atoms with Crippen LogP contribution in [0.15, 0.2) is 0 Å². The van der Waals surface area contributed by atoms with Gasteiger partial charge in [0.2, 0.25) is 0 Å². The van der Waals surface area contributed by atoms with Crippen molar-refractivity contribution in [2.45, 2.75) is 52.6 Å². The van der Waals surface area contributed by atoms with Crippen LogP contribution >= 0.6 is 0 Å². The lowest BCUT2D eigenvalue weighted by atomic mass is 10.3. The van der Waals surface area contributed by atoms with Crippen LogP contribution in [0.2, 0.25) is 0 Å². The Bertz CT molecular complexity index is 119. The van der Waals surface area contributed by atoms with Crippen LogP contribution in [-0.2, 0) is 9.47 Å². The number of aliphatic hydroxyl groups is 1. The van der Waals surface area contributed by atoms with Gasteiger partial charge in [0.25, 0.3) is 0 Å². The van der Waals surface area contributed by atoms with Gasteiger partial charge in [0, 0.05) is 0 Å². The number of rotatable bonds is 5. The summed E-state index contributed by atoms with van der Waals surface area (Å²) < 4.78 is 10.5. The maximum absolute atomic E-state index is 9.59. The van der Waals surface area contributed by atoms with Crippen molar-refractivity contribution in [2.24, 2.45) is 0 Å². The van der Waals surface area contributed by atoms with E-state index < -0.39 is 5.79 Å². The van der Waals surface area contributed by atoms with Crippen molar-refractivity contribution in [3.05, 3.63) is 0 Å². The van der Waals surface area contributed by atoms with Crippen molar-refractivity contribution in [3.8, 4) is 0 Å². The van der Waals surface area contributed by atoms with Gasteiger partial charge in [0.05, 0.1) is 12.2 Å². The smallest absolute Gasteiger partial charge is 0.186 e. The zero-order valence-corrected chi connectivity index (χ0v) is 8.63. The molecular weight excluding hydrogens is 156 g/mol. The summed E-state index contributed by atoms with van der Waals surface area (Å²) in [5.41, 5.74) is 0. The van der Waals surface area contributed by atoms with Crippen molar-refractivity contribution in [1.82, 2.24) is 0 Å². The molecule has 0 spiro atoms. The highest BCUT2D eigenvalue weighted by atomic mass is 16.7. The van der Waals surface area contributed by atoms with Gasteiger partial charge < -0.3 is 14.6 Å². The van der Waals surface area contributed by atoms with Crippen LogP contribution < -0.4 is 0 Å². The molecule has 0 aromatic carbocycles. The molecule has 0 amide bonds. The minimum Gasteiger partial charge on any atom is -0.373 e. The zero-order chi connectivity index (χ0) is 9.78.